The number of fused-ring (bicyclic) bond motifs is 1. The molecule has 0 aliphatic rings. The molecule has 1 aromatic heterocycles. The summed E-state index contributed by atoms with van der Waals surface area (Å²) in [4.78, 5) is 12.1. The lowest BCUT2D eigenvalue weighted by molar-refractivity contribution is 0.415. The predicted molar refractivity (Wildman–Crippen MR) is 74.4 cm³/mol. The zero-order valence-electron chi connectivity index (χ0n) is 10.7. The van der Waals surface area contributed by atoms with Gasteiger partial charge in [-0.25, -0.2) is 4.39 Å². The van der Waals surface area contributed by atoms with Crippen LogP contribution in [0.25, 0.3) is 22.3 Å². The van der Waals surface area contributed by atoms with Gasteiger partial charge in [-0.15, -0.1) is 0 Å². The molecule has 3 nitrogen and oxygen atoms in total. The van der Waals surface area contributed by atoms with Crippen LogP contribution < -0.4 is 10.2 Å². The molecule has 0 unspecified atom stereocenters. The fraction of sp³-hybridized carbons (Fsp3) is 0.0625. The van der Waals surface area contributed by atoms with E-state index in [1.54, 1.807) is 30.3 Å². The summed E-state index contributed by atoms with van der Waals surface area (Å²) in [5.74, 6) is 0.551. The van der Waals surface area contributed by atoms with Crippen molar-refractivity contribution in [2.24, 2.45) is 0 Å². The first kappa shape index (κ1) is 12.4. The highest BCUT2D eigenvalue weighted by atomic mass is 19.1. The van der Waals surface area contributed by atoms with Crippen molar-refractivity contribution < 1.29 is 13.5 Å². The van der Waals surface area contributed by atoms with Crippen LogP contribution in [0.4, 0.5) is 4.39 Å². The lowest BCUT2D eigenvalue weighted by Gasteiger charge is -2.05. The van der Waals surface area contributed by atoms with Crippen LogP contribution in [-0.2, 0) is 0 Å². The van der Waals surface area contributed by atoms with Crippen LogP contribution in [0.1, 0.15) is 0 Å². The largest absolute Gasteiger partial charge is 0.497 e. The van der Waals surface area contributed by atoms with Gasteiger partial charge in [0.15, 0.2) is 5.43 Å². The number of hydrogen-bond donors (Lipinski definition) is 0. The topological polar surface area (TPSA) is 39.4 Å². The second-order valence-electron chi connectivity index (χ2n) is 4.35. The van der Waals surface area contributed by atoms with Crippen molar-refractivity contribution in [3.05, 3.63) is 64.6 Å². The average molecular weight is 270 g/mol. The zero-order chi connectivity index (χ0) is 14.1. The molecule has 3 aromatic rings. The smallest absolute Gasteiger partial charge is 0.193 e. The highest BCUT2D eigenvalue weighted by Crippen LogP contribution is 2.24. The minimum absolute atomic E-state index is 0.190. The molecule has 0 radical (unpaired) electrons. The maximum absolute atomic E-state index is 13.2. The molecule has 0 N–H and O–H groups in total. The number of halogens is 1. The summed E-state index contributed by atoms with van der Waals surface area (Å²) in [6, 6.07) is 12.3. The summed E-state index contributed by atoms with van der Waals surface area (Å²) in [5, 5.41) is 0.435. The van der Waals surface area contributed by atoms with Crippen LogP contribution in [0.5, 0.6) is 5.75 Å². The molecule has 2 aromatic carbocycles. The van der Waals surface area contributed by atoms with Crippen LogP contribution in [0.3, 0.4) is 0 Å². The molecule has 20 heavy (non-hydrogen) atoms. The summed E-state index contributed by atoms with van der Waals surface area (Å²) in [7, 11) is 1.53. The van der Waals surface area contributed by atoms with E-state index in [9.17, 15) is 9.18 Å². The van der Waals surface area contributed by atoms with Crippen molar-refractivity contribution >= 4 is 11.0 Å². The number of methoxy groups -OCH3 is 1. The molecular formula is C16H11FO3. The maximum atomic E-state index is 13.2. The molecule has 0 fully saturated rings. The van der Waals surface area contributed by atoms with E-state index in [-0.39, 0.29) is 11.2 Å². The van der Waals surface area contributed by atoms with Crippen molar-refractivity contribution in [1.82, 2.24) is 0 Å². The molecule has 0 saturated carbocycles. The Labute approximate surface area is 114 Å². The molecule has 0 bridgehead atoms. The van der Waals surface area contributed by atoms with Crippen molar-refractivity contribution in [2.75, 3.05) is 7.11 Å². The summed E-state index contributed by atoms with van der Waals surface area (Å²) >= 11 is 0. The first-order valence-corrected chi connectivity index (χ1v) is 6.05. The van der Waals surface area contributed by atoms with Gasteiger partial charge in [0.05, 0.1) is 12.5 Å². The summed E-state index contributed by atoms with van der Waals surface area (Å²) in [6.07, 6.45) is 0. The monoisotopic (exact) mass is 270 g/mol. The van der Waals surface area contributed by atoms with E-state index in [1.807, 2.05) is 0 Å². The normalized spacial score (nSPS) is 10.7. The lowest BCUT2D eigenvalue weighted by atomic mass is 10.1. The van der Waals surface area contributed by atoms with Crippen molar-refractivity contribution in [1.29, 1.82) is 0 Å². The molecule has 3 rings (SSSR count). The Morgan fingerprint density at radius 1 is 1.10 bits per heavy atom. The highest BCUT2D eigenvalue weighted by molar-refractivity contribution is 5.80. The minimum atomic E-state index is -0.375. The first-order valence-electron chi connectivity index (χ1n) is 6.05. The third-order valence-electron chi connectivity index (χ3n) is 3.04. The Morgan fingerprint density at radius 3 is 2.70 bits per heavy atom. The van der Waals surface area contributed by atoms with Crippen LogP contribution in [-0.4, -0.2) is 7.11 Å². The average Bonchev–Trinajstić information content (AvgIpc) is 2.47. The van der Waals surface area contributed by atoms with Gasteiger partial charge in [0.25, 0.3) is 0 Å². The zero-order valence-corrected chi connectivity index (χ0v) is 10.7. The Kier molecular flexibility index (Phi) is 2.99. The van der Waals surface area contributed by atoms with Crippen LogP contribution in [0, 0.1) is 5.82 Å². The summed E-state index contributed by atoms with van der Waals surface area (Å²) in [5.41, 5.74) is 0.779. The van der Waals surface area contributed by atoms with Gasteiger partial charge in [0.2, 0.25) is 0 Å². The lowest BCUT2D eigenvalue weighted by Crippen LogP contribution is -2.00. The van der Waals surface area contributed by atoms with Crippen molar-refractivity contribution in [2.45, 2.75) is 0 Å². The van der Waals surface area contributed by atoms with Crippen molar-refractivity contribution in [3.63, 3.8) is 0 Å². The van der Waals surface area contributed by atoms with Crippen molar-refractivity contribution in [3.8, 4) is 17.1 Å². The Bertz CT molecular complexity index is 836. The van der Waals surface area contributed by atoms with Gasteiger partial charge in [0.1, 0.15) is 22.9 Å². The van der Waals surface area contributed by atoms with E-state index in [0.717, 1.165) is 0 Å². The van der Waals surface area contributed by atoms with Crippen LogP contribution in [0.2, 0.25) is 0 Å². The Balaban J connectivity index is 2.22. The highest BCUT2D eigenvalue weighted by Gasteiger charge is 2.08. The molecule has 4 heteroatoms. The standard InChI is InChI=1S/C16H11FO3/c1-19-12-5-6-15-13(8-12)14(18)9-16(20-15)10-3-2-4-11(17)7-10/h2-9H,1H3. The second kappa shape index (κ2) is 4.81. The third-order valence-corrected chi connectivity index (χ3v) is 3.04. The molecule has 1 heterocycles. The van der Waals surface area contributed by atoms with Gasteiger partial charge in [-0.05, 0) is 30.3 Å². The van der Waals surface area contributed by atoms with Gasteiger partial charge in [-0.1, -0.05) is 12.1 Å². The number of rotatable bonds is 2. The molecule has 100 valence electrons. The fourth-order valence-corrected chi connectivity index (χ4v) is 2.05. The fourth-order valence-electron chi connectivity index (χ4n) is 2.05. The summed E-state index contributed by atoms with van der Waals surface area (Å²) in [6.45, 7) is 0. The molecular weight excluding hydrogens is 259 g/mol. The van der Waals surface area contributed by atoms with Gasteiger partial charge in [-0.2, -0.15) is 0 Å². The molecule has 0 atom stereocenters. The molecule has 0 spiro atoms. The number of hydrogen-bond acceptors (Lipinski definition) is 3. The van der Waals surface area contributed by atoms with Crippen LogP contribution in [0.15, 0.2) is 57.7 Å². The molecule has 0 amide bonds. The SMILES string of the molecule is COc1ccc2oc(-c3cccc(F)c3)cc(=O)c2c1. The van der Waals surface area contributed by atoms with E-state index in [1.165, 1.54) is 25.3 Å². The van der Waals surface area contributed by atoms with Gasteiger partial charge in [0, 0.05) is 11.6 Å². The van der Waals surface area contributed by atoms with Gasteiger partial charge < -0.3 is 9.15 Å². The quantitative estimate of drug-likeness (QED) is 0.714. The van der Waals surface area contributed by atoms with Gasteiger partial charge in [-0.3, -0.25) is 4.79 Å². The Hall–Kier alpha value is -2.62. The maximum Gasteiger partial charge on any atom is 0.193 e. The Morgan fingerprint density at radius 2 is 1.95 bits per heavy atom. The first-order chi connectivity index (χ1) is 9.67. The van der Waals surface area contributed by atoms with Crippen LogP contribution >= 0.6 is 0 Å². The third kappa shape index (κ3) is 2.16. The van der Waals surface area contributed by atoms with E-state index in [0.29, 0.717) is 28.0 Å². The summed E-state index contributed by atoms with van der Waals surface area (Å²) < 4.78 is 24.0. The van der Waals surface area contributed by atoms with E-state index >= 15 is 0 Å². The van der Waals surface area contributed by atoms with Gasteiger partial charge >= 0.3 is 0 Å². The number of benzene rings is 2. The van der Waals surface area contributed by atoms with E-state index in [2.05, 4.69) is 0 Å². The molecule has 0 aliphatic heterocycles. The second-order valence-corrected chi connectivity index (χ2v) is 4.35. The molecule has 0 aliphatic carbocycles. The number of ether oxygens (including phenoxy) is 1. The predicted octanol–water partition coefficient (Wildman–Crippen LogP) is 3.61. The van der Waals surface area contributed by atoms with E-state index in [4.69, 9.17) is 9.15 Å². The molecule has 0 saturated heterocycles. The minimum Gasteiger partial charge on any atom is -0.497 e. The van der Waals surface area contributed by atoms with E-state index < -0.39 is 0 Å².